The minimum Gasteiger partial charge on any atom is -0.548 e. The fourth-order valence-corrected chi connectivity index (χ4v) is 4.23. The van der Waals surface area contributed by atoms with Gasteiger partial charge in [0.15, 0.2) is 0 Å². The molecule has 6 nitrogen and oxygen atoms in total. The highest BCUT2D eigenvalue weighted by Gasteiger charge is 2.37. The van der Waals surface area contributed by atoms with Crippen molar-refractivity contribution in [2.45, 2.75) is 12.5 Å². The zero-order valence-electron chi connectivity index (χ0n) is 14.5. The van der Waals surface area contributed by atoms with Crippen LogP contribution in [0.2, 0.25) is 0 Å². The smallest absolute Gasteiger partial charge is 0.266 e. The quantitative estimate of drug-likeness (QED) is 0.472. The van der Waals surface area contributed by atoms with Gasteiger partial charge in [0.05, 0.1) is 31.1 Å². The number of carbonyl (C=O) groups excluding carboxylic acids is 2. The van der Waals surface area contributed by atoms with E-state index in [9.17, 15) is 14.7 Å². The summed E-state index contributed by atoms with van der Waals surface area (Å²) in [5.41, 5.74) is 0.640. The van der Waals surface area contributed by atoms with Crippen LogP contribution in [0.4, 0.5) is 0 Å². The monoisotopic (exact) mass is 412 g/mol. The van der Waals surface area contributed by atoms with Crippen molar-refractivity contribution in [2.75, 3.05) is 26.2 Å². The summed E-state index contributed by atoms with van der Waals surface area (Å²) in [4.78, 5) is 25.7. The number of benzene rings is 1. The van der Waals surface area contributed by atoms with Crippen molar-refractivity contribution < 1.29 is 24.2 Å². The molecule has 0 saturated carbocycles. The van der Waals surface area contributed by atoms with E-state index in [1.807, 2.05) is 6.26 Å². The molecule has 0 unspecified atom stereocenters. The van der Waals surface area contributed by atoms with E-state index in [-0.39, 0.29) is 10.7 Å². The van der Waals surface area contributed by atoms with Crippen molar-refractivity contribution in [3.05, 3.63) is 28.7 Å². The van der Waals surface area contributed by atoms with Crippen LogP contribution >= 0.6 is 35.7 Å². The molecule has 0 radical (unpaired) electrons. The molecule has 1 heterocycles. The van der Waals surface area contributed by atoms with E-state index in [0.29, 0.717) is 27.7 Å². The largest absolute Gasteiger partial charge is 0.548 e. The number of ether oxygens (including phenoxy) is 2. The maximum absolute atomic E-state index is 12.8. The molecule has 0 aliphatic carbocycles. The number of carboxylic acids is 1. The first-order valence-corrected chi connectivity index (χ1v) is 10.2. The third-order valence-electron chi connectivity index (χ3n) is 3.73. The molecule has 1 aromatic carbocycles. The highest BCUT2D eigenvalue weighted by Crippen LogP contribution is 2.36. The molecule has 26 heavy (non-hydrogen) atoms. The standard InChI is InChI=1S/C17H19NO5S3/c1-22-11-4-5-13(23-2)10(8-11)9-14-15(19)18(17(24)26-14)12(16(20)21)6-7-25-3/h4-5,8-9,12H,6-7H2,1-3H3,(H,20,21)/p-1/b14-9-/t12-/m0/s1. The van der Waals surface area contributed by atoms with Crippen LogP contribution in [0, 0.1) is 0 Å². The normalized spacial score (nSPS) is 16.9. The predicted molar refractivity (Wildman–Crippen MR) is 106 cm³/mol. The molecule has 1 saturated heterocycles. The summed E-state index contributed by atoms with van der Waals surface area (Å²) in [6.45, 7) is 0. The van der Waals surface area contributed by atoms with Crippen molar-refractivity contribution in [2.24, 2.45) is 0 Å². The Labute approximate surface area is 165 Å². The van der Waals surface area contributed by atoms with Gasteiger partial charge in [-0.25, -0.2) is 0 Å². The highest BCUT2D eigenvalue weighted by atomic mass is 32.2. The number of carboxylic acid groups (broad SMARTS) is 1. The number of carbonyl (C=O) groups is 2. The van der Waals surface area contributed by atoms with Gasteiger partial charge in [-0.1, -0.05) is 24.0 Å². The van der Waals surface area contributed by atoms with E-state index >= 15 is 0 Å². The van der Waals surface area contributed by atoms with Gasteiger partial charge in [-0.05, 0) is 42.7 Å². The summed E-state index contributed by atoms with van der Waals surface area (Å²) in [6, 6.07) is 4.13. The van der Waals surface area contributed by atoms with Gasteiger partial charge in [0, 0.05) is 5.56 Å². The van der Waals surface area contributed by atoms with Crippen molar-refractivity contribution in [3.63, 3.8) is 0 Å². The molecular formula is C17H18NO5S3-. The van der Waals surface area contributed by atoms with Gasteiger partial charge < -0.3 is 19.4 Å². The van der Waals surface area contributed by atoms with Crippen LogP contribution in [-0.2, 0) is 9.59 Å². The Morgan fingerprint density at radius 3 is 2.73 bits per heavy atom. The molecule has 140 valence electrons. The lowest BCUT2D eigenvalue weighted by atomic mass is 10.1. The molecule has 1 aliphatic rings. The topological polar surface area (TPSA) is 78.9 Å². The Bertz CT molecular complexity index is 750. The molecule has 1 amide bonds. The van der Waals surface area contributed by atoms with Gasteiger partial charge in [0.2, 0.25) is 0 Å². The van der Waals surface area contributed by atoms with Gasteiger partial charge in [-0.15, -0.1) is 0 Å². The molecular weight excluding hydrogens is 394 g/mol. The number of nitrogens with zero attached hydrogens (tertiary/aromatic N) is 1. The predicted octanol–water partition coefficient (Wildman–Crippen LogP) is 1.78. The molecule has 9 heteroatoms. The second-order valence-corrected chi connectivity index (χ2v) is 7.94. The van der Waals surface area contributed by atoms with Crippen molar-refractivity contribution in [1.82, 2.24) is 4.90 Å². The van der Waals surface area contributed by atoms with Gasteiger partial charge in [-0.2, -0.15) is 11.8 Å². The van der Waals surface area contributed by atoms with Crippen LogP contribution in [0.3, 0.4) is 0 Å². The first-order valence-electron chi connectivity index (χ1n) is 7.61. The SMILES string of the molecule is COc1ccc(OC)c(/C=C2\SC(=S)N([C@@H](CCSC)C(=O)[O-])C2=O)c1. The van der Waals surface area contributed by atoms with Crippen molar-refractivity contribution in [3.8, 4) is 11.5 Å². The average molecular weight is 413 g/mol. The minimum atomic E-state index is -1.31. The van der Waals surface area contributed by atoms with Crippen molar-refractivity contribution >= 4 is 58.0 Å². The highest BCUT2D eigenvalue weighted by molar-refractivity contribution is 8.26. The summed E-state index contributed by atoms with van der Waals surface area (Å²) >= 11 is 7.80. The van der Waals surface area contributed by atoms with Gasteiger partial charge >= 0.3 is 0 Å². The van der Waals surface area contributed by atoms with Gasteiger partial charge in [-0.3, -0.25) is 9.69 Å². The molecule has 1 fully saturated rings. The Morgan fingerprint density at radius 2 is 2.15 bits per heavy atom. The summed E-state index contributed by atoms with van der Waals surface area (Å²) in [5.74, 6) is 0.00380. The van der Waals surface area contributed by atoms with Crippen LogP contribution in [0.25, 0.3) is 6.08 Å². The van der Waals surface area contributed by atoms with E-state index in [4.69, 9.17) is 21.7 Å². The Kier molecular flexibility index (Phi) is 7.36. The molecule has 0 N–H and O–H groups in total. The molecule has 0 bridgehead atoms. The van der Waals surface area contributed by atoms with Crippen LogP contribution in [0.1, 0.15) is 12.0 Å². The molecule has 0 spiro atoms. The van der Waals surface area contributed by atoms with E-state index < -0.39 is 17.9 Å². The number of rotatable bonds is 8. The molecule has 1 atom stereocenters. The number of hydrogen-bond donors (Lipinski definition) is 0. The second-order valence-electron chi connectivity index (χ2n) is 5.28. The molecule has 0 aromatic heterocycles. The summed E-state index contributed by atoms with van der Waals surface area (Å²) in [5, 5.41) is 11.5. The van der Waals surface area contributed by atoms with Crippen molar-refractivity contribution in [1.29, 1.82) is 0 Å². The number of hydrogen-bond acceptors (Lipinski definition) is 8. The summed E-state index contributed by atoms with van der Waals surface area (Å²) < 4.78 is 10.7. The number of thiocarbonyl (C=S) groups is 1. The average Bonchev–Trinajstić information content (AvgIpc) is 2.89. The number of aliphatic carboxylic acids is 1. The number of methoxy groups -OCH3 is 2. The lowest BCUT2D eigenvalue weighted by molar-refractivity contribution is -0.310. The Hall–Kier alpha value is -1.71. The molecule has 2 rings (SSSR count). The minimum absolute atomic E-state index is 0.207. The summed E-state index contributed by atoms with van der Waals surface area (Å²) in [7, 11) is 3.07. The Morgan fingerprint density at radius 1 is 1.42 bits per heavy atom. The van der Waals surface area contributed by atoms with Crippen LogP contribution in [0.15, 0.2) is 23.1 Å². The van der Waals surface area contributed by atoms with Gasteiger partial charge in [0.25, 0.3) is 5.91 Å². The fraction of sp³-hybridized carbons (Fsp3) is 0.353. The van der Waals surface area contributed by atoms with Gasteiger partial charge in [0.1, 0.15) is 15.8 Å². The summed E-state index contributed by atoms with van der Waals surface area (Å²) in [6.07, 6.45) is 3.76. The molecule has 1 aliphatic heterocycles. The van der Waals surface area contributed by atoms with E-state index in [2.05, 4.69) is 0 Å². The maximum atomic E-state index is 12.8. The lowest BCUT2D eigenvalue weighted by Gasteiger charge is -2.27. The first-order chi connectivity index (χ1) is 12.4. The van der Waals surface area contributed by atoms with E-state index in [1.165, 1.54) is 18.9 Å². The second kappa shape index (κ2) is 9.29. The van der Waals surface area contributed by atoms with Crippen LogP contribution in [-0.4, -0.2) is 53.4 Å². The number of thioether (sulfide) groups is 2. The van der Waals surface area contributed by atoms with Crippen LogP contribution < -0.4 is 14.6 Å². The Balaban J connectivity index is 2.36. The van der Waals surface area contributed by atoms with E-state index in [0.717, 1.165) is 16.7 Å². The molecule has 1 aromatic rings. The third kappa shape index (κ3) is 4.52. The lowest BCUT2D eigenvalue weighted by Crippen LogP contribution is -2.50. The maximum Gasteiger partial charge on any atom is 0.266 e. The number of amides is 1. The first kappa shape index (κ1) is 20.6. The zero-order chi connectivity index (χ0) is 19.3. The van der Waals surface area contributed by atoms with Crippen LogP contribution in [0.5, 0.6) is 11.5 Å². The third-order valence-corrected chi connectivity index (χ3v) is 5.70. The van der Waals surface area contributed by atoms with E-state index in [1.54, 1.807) is 31.4 Å². The fourth-order valence-electron chi connectivity index (χ4n) is 2.42. The zero-order valence-corrected chi connectivity index (χ0v) is 17.0.